The molecule has 128 valence electrons. The minimum absolute atomic E-state index is 0.133. The Bertz CT molecular complexity index is 649. The third kappa shape index (κ3) is 3.78. The van der Waals surface area contributed by atoms with Gasteiger partial charge in [0, 0.05) is 26.2 Å². The summed E-state index contributed by atoms with van der Waals surface area (Å²) < 4.78 is 0. The van der Waals surface area contributed by atoms with Crippen molar-refractivity contribution in [1.82, 2.24) is 14.9 Å². The first-order valence-corrected chi connectivity index (χ1v) is 10.5. The molecular formula is C16H21N5OS2. The van der Waals surface area contributed by atoms with Gasteiger partial charge in [0.25, 0.3) is 0 Å². The second-order valence-corrected chi connectivity index (χ2v) is 7.65. The first kappa shape index (κ1) is 17.4. The number of anilines is 1. The van der Waals surface area contributed by atoms with Gasteiger partial charge in [0.05, 0.1) is 5.75 Å². The molecule has 0 aliphatic carbocycles. The summed E-state index contributed by atoms with van der Waals surface area (Å²) in [5.41, 5.74) is 0.490. The van der Waals surface area contributed by atoms with Gasteiger partial charge in [-0.3, -0.25) is 4.79 Å². The molecular weight excluding hydrogens is 342 g/mol. The van der Waals surface area contributed by atoms with Crippen molar-refractivity contribution in [3.63, 3.8) is 0 Å². The zero-order valence-corrected chi connectivity index (χ0v) is 15.5. The number of aromatic nitrogens is 2. The van der Waals surface area contributed by atoms with Gasteiger partial charge in [0.15, 0.2) is 0 Å². The highest BCUT2D eigenvalue weighted by atomic mass is 32.2. The lowest BCUT2D eigenvalue weighted by Crippen LogP contribution is -2.29. The lowest BCUT2D eigenvalue weighted by molar-refractivity contribution is -0.127. The maximum absolute atomic E-state index is 12.3. The molecule has 2 saturated heterocycles. The molecule has 8 heteroatoms. The molecule has 1 amide bonds. The minimum Gasteiger partial charge on any atom is -0.342 e. The van der Waals surface area contributed by atoms with E-state index < -0.39 is 0 Å². The van der Waals surface area contributed by atoms with Crippen molar-refractivity contribution in [2.75, 3.05) is 43.1 Å². The van der Waals surface area contributed by atoms with Crippen LogP contribution in [0.25, 0.3) is 0 Å². The van der Waals surface area contributed by atoms with Crippen LogP contribution in [0.4, 0.5) is 5.95 Å². The highest BCUT2D eigenvalue weighted by Gasteiger charge is 2.23. The van der Waals surface area contributed by atoms with Crippen molar-refractivity contribution in [3.05, 3.63) is 5.56 Å². The molecule has 0 N–H and O–H groups in total. The number of rotatable bonds is 5. The molecule has 0 radical (unpaired) electrons. The minimum atomic E-state index is 0.133. The van der Waals surface area contributed by atoms with E-state index in [0.717, 1.165) is 51.9 Å². The van der Waals surface area contributed by atoms with Gasteiger partial charge < -0.3 is 9.80 Å². The maximum Gasteiger partial charge on any atom is 0.232 e. The zero-order chi connectivity index (χ0) is 16.9. The predicted octanol–water partition coefficient (Wildman–Crippen LogP) is 2.38. The first-order chi connectivity index (χ1) is 11.7. The fourth-order valence-corrected chi connectivity index (χ4v) is 4.46. The Morgan fingerprint density at radius 3 is 2.38 bits per heavy atom. The summed E-state index contributed by atoms with van der Waals surface area (Å²) in [6, 6.07) is 2.22. The molecule has 24 heavy (non-hydrogen) atoms. The third-order valence-corrected chi connectivity index (χ3v) is 5.96. The molecule has 2 aliphatic heterocycles. The summed E-state index contributed by atoms with van der Waals surface area (Å²) in [6.45, 7) is 3.61. The molecule has 3 heterocycles. The molecule has 1 aromatic rings. The second-order valence-electron chi connectivity index (χ2n) is 5.90. The molecule has 2 fully saturated rings. The number of amides is 1. The topological polar surface area (TPSA) is 73.1 Å². The van der Waals surface area contributed by atoms with Crippen molar-refractivity contribution in [1.29, 1.82) is 5.26 Å². The Morgan fingerprint density at radius 2 is 1.75 bits per heavy atom. The molecule has 6 nitrogen and oxygen atoms in total. The van der Waals surface area contributed by atoms with Crippen molar-refractivity contribution in [2.24, 2.45) is 0 Å². The molecule has 1 aromatic heterocycles. The number of nitrogens with zero attached hydrogens (tertiary/aromatic N) is 5. The predicted molar refractivity (Wildman–Crippen MR) is 96.5 cm³/mol. The summed E-state index contributed by atoms with van der Waals surface area (Å²) in [6.07, 6.45) is 6.38. The Labute approximate surface area is 151 Å². The highest BCUT2D eigenvalue weighted by molar-refractivity contribution is 8.00. The van der Waals surface area contributed by atoms with Crippen LogP contribution in [0.15, 0.2) is 10.1 Å². The number of carbonyl (C=O) groups is 1. The van der Waals surface area contributed by atoms with E-state index in [1.165, 1.54) is 23.5 Å². The second kappa shape index (κ2) is 8.08. The first-order valence-electron chi connectivity index (χ1n) is 8.24. The maximum atomic E-state index is 12.3. The van der Waals surface area contributed by atoms with E-state index in [-0.39, 0.29) is 5.91 Å². The monoisotopic (exact) mass is 363 g/mol. The van der Waals surface area contributed by atoms with Crippen LogP contribution < -0.4 is 4.90 Å². The van der Waals surface area contributed by atoms with Crippen molar-refractivity contribution >= 4 is 35.4 Å². The normalized spacial score (nSPS) is 17.3. The SMILES string of the molecule is CSc1nc(N2CCCC2)nc(SCC(=O)N2CCCC2)c1C#N. The summed E-state index contributed by atoms with van der Waals surface area (Å²) in [5.74, 6) is 1.15. The summed E-state index contributed by atoms with van der Waals surface area (Å²) >= 11 is 2.82. The molecule has 3 rings (SSSR count). The highest BCUT2D eigenvalue weighted by Crippen LogP contribution is 2.30. The summed E-state index contributed by atoms with van der Waals surface area (Å²) in [7, 11) is 0. The third-order valence-electron chi connectivity index (χ3n) is 4.32. The van der Waals surface area contributed by atoms with Crippen LogP contribution in [0, 0.1) is 11.3 Å². The number of thioether (sulfide) groups is 2. The summed E-state index contributed by atoms with van der Waals surface area (Å²) in [4.78, 5) is 25.5. The average molecular weight is 364 g/mol. The fraction of sp³-hybridized carbons (Fsp3) is 0.625. The molecule has 0 saturated carbocycles. The Kier molecular flexibility index (Phi) is 5.85. The molecule has 0 unspecified atom stereocenters. The van der Waals surface area contributed by atoms with E-state index in [0.29, 0.717) is 27.3 Å². The number of likely N-dealkylation sites (tertiary alicyclic amines) is 1. The van der Waals surface area contributed by atoms with Gasteiger partial charge in [-0.1, -0.05) is 11.8 Å². The van der Waals surface area contributed by atoms with Crippen LogP contribution in [-0.2, 0) is 4.79 Å². The van der Waals surface area contributed by atoms with Gasteiger partial charge in [-0.25, -0.2) is 9.97 Å². The van der Waals surface area contributed by atoms with E-state index >= 15 is 0 Å². The van der Waals surface area contributed by atoms with Crippen molar-refractivity contribution in [3.8, 4) is 6.07 Å². The van der Waals surface area contributed by atoms with Gasteiger partial charge in [-0.2, -0.15) is 5.26 Å². The van der Waals surface area contributed by atoms with Crippen LogP contribution in [0.3, 0.4) is 0 Å². The Morgan fingerprint density at radius 1 is 1.12 bits per heavy atom. The summed E-state index contributed by atoms with van der Waals surface area (Å²) in [5, 5.41) is 10.8. The lowest BCUT2D eigenvalue weighted by atomic mass is 10.4. The van der Waals surface area contributed by atoms with E-state index in [9.17, 15) is 10.1 Å². The van der Waals surface area contributed by atoms with Gasteiger partial charge in [0.1, 0.15) is 21.7 Å². The molecule has 0 atom stereocenters. The van der Waals surface area contributed by atoms with Crippen molar-refractivity contribution < 1.29 is 4.79 Å². The quantitative estimate of drug-likeness (QED) is 0.587. The van der Waals surface area contributed by atoms with Crippen LogP contribution in [0.2, 0.25) is 0 Å². The number of hydrogen-bond donors (Lipinski definition) is 0. The molecule has 0 spiro atoms. The number of nitriles is 1. The zero-order valence-electron chi connectivity index (χ0n) is 13.8. The van der Waals surface area contributed by atoms with Crippen LogP contribution >= 0.6 is 23.5 Å². The Balaban J connectivity index is 1.80. The number of hydrogen-bond acceptors (Lipinski definition) is 7. The van der Waals surface area contributed by atoms with Crippen LogP contribution in [-0.4, -0.2) is 59.0 Å². The van der Waals surface area contributed by atoms with Gasteiger partial charge in [-0.15, -0.1) is 11.8 Å². The van der Waals surface area contributed by atoms with Crippen LogP contribution in [0.5, 0.6) is 0 Å². The van der Waals surface area contributed by atoms with E-state index in [2.05, 4.69) is 20.9 Å². The van der Waals surface area contributed by atoms with E-state index in [1.54, 1.807) is 0 Å². The standard InChI is InChI=1S/C16H21N5OS2/c1-23-14-12(10-17)15(19-16(18-14)21-8-4-5-9-21)24-11-13(22)20-6-2-3-7-20/h2-9,11H2,1H3. The van der Waals surface area contributed by atoms with Crippen molar-refractivity contribution in [2.45, 2.75) is 35.7 Å². The average Bonchev–Trinajstić information content (AvgIpc) is 3.32. The van der Waals surface area contributed by atoms with Crippen LogP contribution in [0.1, 0.15) is 31.2 Å². The largest absolute Gasteiger partial charge is 0.342 e. The molecule has 0 aromatic carbocycles. The van der Waals surface area contributed by atoms with E-state index in [4.69, 9.17) is 0 Å². The number of carbonyl (C=O) groups excluding carboxylic acids is 1. The van der Waals surface area contributed by atoms with Gasteiger partial charge in [-0.05, 0) is 31.9 Å². The van der Waals surface area contributed by atoms with Gasteiger partial charge in [0.2, 0.25) is 11.9 Å². The molecule has 0 bridgehead atoms. The Hall–Kier alpha value is -1.46. The van der Waals surface area contributed by atoms with Gasteiger partial charge >= 0.3 is 0 Å². The lowest BCUT2D eigenvalue weighted by Gasteiger charge is -2.18. The van der Waals surface area contributed by atoms with E-state index in [1.807, 2.05) is 11.2 Å². The fourth-order valence-electron chi connectivity index (χ4n) is 3.00. The smallest absolute Gasteiger partial charge is 0.232 e. The molecule has 2 aliphatic rings.